The number of hydrogen-bond acceptors (Lipinski definition) is 7. The Morgan fingerprint density at radius 2 is 2.10 bits per heavy atom. The van der Waals surface area contributed by atoms with Crippen molar-refractivity contribution in [2.75, 3.05) is 57.6 Å². The Morgan fingerprint density at radius 3 is 2.75 bits per heavy atom. The Balaban J connectivity index is 1.94. The third kappa shape index (κ3) is 3.71. The molecule has 7 nitrogen and oxygen atoms in total. The molecule has 0 radical (unpaired) electrons. The molecule has 7 heteroatoms. The summed E-state index contributed by atoms with van der Waals surface area (Å²) in [5, 5.41) is 3.27. The van der Waals surface area contributed by atoms with Crippen LogP contribution < -0.4 is 15.8 Å². The van der Waals surface area contributed by atoms with Gasteiger partial charge in [0.2, 0.25) is 5.88 Å². The van der Waals surface area contributed by atoms with Crippen LogP contribution in [-0.4, -0.2) is 61.4 Å². The highest BCUT2D eigenvalue weighted by Crippen LogP contribution is 2.25. The van der Waals surface area contributed by atoms with Crippen LogP contribution in [-0.2, 0) is 11.2 Å². The molecule has 0 saturated carbocycles. The van der Waals surface area contributed by atoms with Crippen LogP contribution in [0.1, 0.15) is 12.7 Å². The highest BCUT2D eigenvalue weighted by molar-refractivity contribution is 5.66. The molecule has 0 spiro atoms. The van der Waals surface area contributed by atoms with Gasteiger partial charge in [-0.3, -0.25) is 4.90 Å². The lowest BCUT2D eigenvalue weighted by atomic mass is 10.3. The number of nitrogens with one attached hydrogen (secondary N) is 1. The zero-order chi connectivity index (χ0) is 14.4. The van der Waals surface area contributed by atoms with E-state index < -0.39 is 0 Å². The lowest BCUT2D eigenvalue weighted by Gasteiger charge is -2.26. The summed E-state index contributed by atoms with van der Waals surface area (Å²) in [7, 11) is 1.57. The van der Waals surface area contributed by atoms with Gasteiger partial charge in [-0.15, -0.1) is 0 Å². The first-order chi connectivity index (χ1) is 9.74. The van der Waals surface area contributed by atoms with Gasteiger partial charge in [-0.1, -0.05) is 6.92 Å². The zero-order valence-corrected chi connectivity index (χ0v) is 12.2. The molecule has 3 N–H and O–H groups in total. The van der Waals surface area contributed by atoms with Crippen molar-refractivity contribution >= 4 is 11.5 Å². The van der Waals surface area contributed by atoms with Crippen molar-refractivity contribution < 1.29 is 9.47 Å². The molecule has 0 bridgehead atoms. The second-order valence-corrected chi connectivity index (χ2v) is 4.65. The van der Waals surface area contributed by atoms with E-state index in [4.69, 9.17) is 15.2 Å². The maximum Gasteiger partial charge on any atom is 0.242 e. The summed E-state index contributed by atoms with van der Waals surface area (Å²) in [6, 6.07) is 0. The molecule has 1 fully saturated rings. The van der Waals surface area contributed by atoms with E-state index in [2.05, 4.69) is 20.2 Å². The van der Waals surface area contributed by atoms with Gasteiger partial charge in [-0.25, -0.2) is 4.98 Å². The lowest BCUT2D eigenvalue weighted by Crippen LogP contribution is -2.39. The van der Waals surface area contributed by atoms with Crippen molar-refractivity contribution in [3.8, 4) is 5.88 Å². The van der Waals surface area contributed by atoms with Gasteiger partial charge in [0.1, 0.15) is 11.5 Å². The van der Waals surface area contributed by atoms with Crippen molar-refractivity contribution in [3.05, 3.63) is 5.82 Å². The monoisotopic (exact) mass is 281 g/mol. The van der Waals surface area contributed by atoms with Gasteiger partial charge >= 0.3 is 0 Å². The molecule has 1 saturated heterocycles. The van der Waals surface area contributed by atoms with Gasteiger partial charge in [-0.2, -0.15) is 4.98 Å². The van der Waals surface area contributed by atoms with Gasteiger partial charge in [0.25, 0.3) is 0 Å². The van der Waals surface area contributed by atoms with E-state index in [0.29, 0.717) is 17.4 Å². The second kappa shape index (κ2) is 7.25. The third-order valence-electron chi connectivity index (χ3n) is 3.29. The molecule has 0 atom stereocenters. The standard InChI is InChI=1S/C13H23N5O2/c1-3-10-16-12(11(14)13(17-10)19-2)15-4-5-18-6-8-20-9-7-18/h3-9,14H2,1-2H3,(H,15,16,17). The summed E-state index contributed by atoms with van der Waals surface area (Å²) in [4.78, 5) is 11.0. The van der Waals surface area contributed by atoms with E-state index in [1.54, 1.807) is 7.11 Å². The van der Waals surface area contributed by atoms with Gasteiger partial charge < -0.3 is 20.5 Å². The van der Waals surface area contributed by atoms with Crippen LogP contribution in [0.4, 0.5) is 11.5 Å². The summed E-state index contributed by atoms with van der Waals surface area (Å²) in [6.45, 7) is 7.30. The number of methoxy groups -OCH3 is 1. The van der Waals surface area contributed by atoms with Crippen LogP contribution >= 0.6 is 0 Å². The van der Waals surface area contributed by atoms with Gasteiger partial charge in [0.05, 0.1) is 20.3 Å². The fourth-order valence-corrected chi connectivity index (χ4v) is 2.10. The molecule has 0 amide bonds. The second-order valence-electron chi connectivity index (χ2n) is 4.65. The molecule has 112 valence electrons. The number of aromatic nitrogens is 2. The van der Waals surface area contributed by atoms with E-state index in [9.17, 15) is 0 Å². The van der Waals surface area contributed by atoms with Crippen LogP contribution in [0.2, 0.25) is 0 Å². The molecule has 2 rings (SSSR count). The van der Waals surface area contributed by atoms with Crippen molar-refractivity contribution in [3.63, 3.8) is 0 Å². The summed E-state index contributed by atoms with van der Waals surface area (Å²) in [5.74, 6) is 1.82. The van der Waals surface area contributed by atoms with Gasteiger partial charge in [0.15, 0.2) is 5.82 Å². The Kier molecular flexibility index (Phi) is 5.37. The minimum absolute atomic E-state index is 0.436. The topological polar surface area (TPSA) is 85.5 Å². The molecule has 0 aromatic carbocycles. The molecule has 20 heavy (non-hydrogen) atoms. The molecule has 1 aliphatic rings. The first-order valence-corrected chi connectivity index (χ1v) is 6.99. The predicted molar refractivity (Wildman–Crippen MR) is 78.1 cm³/mol. The Labute approximate surface area is 119 Å². The molecule has 1 aromatic rings. The number of nitrogens with zero attached hydrogens (tertiary/aromatic N) is 3. The average Bonchev–Trinajstić information content (AvgIpc) is 2.50. The maximum absolute atomic E-state index is 5.99. The maximum atomic E-state index is 5.99. The van der Waals surface area contributed by atoms with Crippen molar-refractivity contribution in [2.45, 2.75) is 13.3 Å². The Morgan fingerprint density at radius 1 is 1.35 bits per heavy atom. The summed E-state index contributed by atoms with van der Waals surface area (Å²) in [5.41, 5.74) is 6.46. The Bertz CT molecular complexity index is 435. The fourth-order valence-electron chi connectivity index (χ4n) is 2.10. The van der Waals surface area contributed by atoms with Crippen molar-refractivity contribution in [2.24, 2.45) is 0 Å². The molecule has 0 unspecified atom stereocenters. The summed E-state index contributed by atoms with van der Waals surface area (Å²) < 4.78 is 10.5. The summed E-state index contributed by atoms with van der Waals surface area (Å²) in [6.07, 6.45) is 0.745. The van der Waals surface area contributed by atoms with E-state index in [1.165, 1.54) is 0 Å². The SMILES string of the molecule is CCc1nc(NCCN2CCOCC2)c(N)c(OC)n1. The quantitative estimate of drug-likeness (QED) is 0.779. The molecule has 0 aliphatic carbocycles. The third-order valence-corrected chi connectivity index (χ3v) is 3.29. The van der Waals surface area contributed by atoms with Crippen LogP contribution in [0.15, 0.2) is 0 Å². The highest BCUT2D eigenvalue weighted by atomic mass is 16.5. The lowest BCUT2D eigenvalue weighted by molar-refractivity contribution is 0.0398. The van der Waals surface area contributed by atoms with Gasteiger partial charge in [-0.05, 0) is 0 Å². The molecule has 1 aromatic heterocycles. The van der Waals surface area contributed by atoms with E-state index >= 15 is 0 Å². The van der Waals surface area contributed by atoms with Crippen LogP contribution in [0, 0.1) is 0 Å². The number of morpholine rings is 1. The van der Waals surface area contributed by atoms with Crippen molar-refractivity contribution in [1.82, 2.24) is 14.9 Å². The fraction of sp³-hybridized carbons (Fsp3) is 0.692. The van der Waals surface area contributed by atoms with E-state index in [-0.39, 0.29) is 0 Å². The van der Waals surface area contributed by atoms with E-state index in [0.717, 1.165) is 51.6 Å². The average molecular weight is 281 g/mol. The first-order valence-electron chi connectivity index (χ1n) is 6.99. The Hall–Kier alpha value is -1.60. The number of rotatable bonds is 6. The largest absolute Gasteiger partial charge is 0.479 e. The number of nitrogens with two attached hydrogens (primary N) is 1. The van der Waals surface area contributed by atoms with Crippen LogP contribution in [0.5, 0.6) is 5.88 Å². The predicted octanol–water partition coefficient (Wildman–Crippen LogP) is 0.374. The zero-order valence-electron chi connectivity index (χ0n) is 12.2. The number of ether oxygens (including phenoxy) is 2. The molecule has 1 aliphatic heterocycles. The molecule has 2 heterocycles. The number of hydrogen-bond donors (Lipinski definition) is 2. The normalized spacial score (nSPS) is 16.1. The highest BCUT2D eigenvalue weighted by Gasteiger charge is 2.13. The number of nitrogen functional groups attached to an aromatic ring is 1. The minimum atomic E-state index is 0.436. The van der Waals surface area contributed by atoms with Gasteiger partial charge in [0, 0.05) is 32.6 Å². The number of anilines is 2. The molecular formula is C13H23N5O2. The van der Waals surface area contributed by atoms with Crippen LogP contribution in [0.3, 0.4) is 0 Å². The summed E-state index contributed by atoms with van der Waals surface area (Å²) >= 11 is 0. The smallest absolute Gasteiger partial charge is 0.242 e. The first kappa shape index (κ1) is 14.8. The van der Waals surface area contributed by atoms with Crippen LogP contribution in [0.25, 0.3) is 0 Å². The number of aryl methyl sites for hydroxylation is 1. The minimum Gasteiger partial charge on any atom is -0.479 e. The molecular weight excluding hydrogens is 258 g/mol. The van der Waals surface area contributed by atoms with E-state index in [1.807, 2.05) is 6.92 Å². The van der Waals surface area contributed by atoms with Crippen molar-refractivity contribution in [1.29, 1.82) is 0 Å².